The summed E-state index contributed by atoms with van der Waals surface area (Å²) in [5.41, 5.74) is 0. The molecule has 0 aliphatic rings. The average molecular weight is 1240 g/mol. The van der Waals surface area contributed by atoms with Gasteiger partial charge in [0.15, 0.2) is 6.10 Å². The third kappa shape index (κ3) is 70.2. The number of esters is 2. The molecule has 0 aliphatic heterocycles. The van der Waals surface area contributed by atoms with Crippen molar-refractivity contribution in [2.75, 3.05) is 47.5 Å². The number of rotatable bonds is 64. The van der Waals surface area contributed by atoms with Crippen LogP contribution < -0.4 is 0 Å². The first-order valence-corrected chi connectivity index (χ1v) is 35.6. The lowest BCUT2D eigenvalue weighted by atomic mass is 10.0. The van der Waals surface area contributed by atoms with E-state index >= 15 is 0 Å². The quantitative estimate of drug-likeness (QED) is 0.0211. The molecule has 0 amide bonds. The molecule has 0 saturated heterocycles. The molecule has 2 unspecified atom stereocenters. The van der Waals surface area contributed by atoms with E-state index in [0.29, 0.717) is 23.9 Å². The maximum absolute atomic E-state index is 12.9. The second-order valence-electron chi connectivity index (χ2n) is 24.4. The zero-order chi connectivity index (χ0) is 64.7. The van der Waals surface area contributed by atoms with Crippen LogP contribution in [0.5, 0.6) is 0 Å². The minimum Gasteiger partial charge on any atom is -0.477 e. The van der Waals surface area contributed by atoms with Crippen molar-refractivity contribution in [3.8, 4) is 0 Å². The Hall–Kier alpha value is -5.09. The smallest absolute Gasteiger partial charge is 0.361 e. The summed E-state index contributed by atoms with van der Waals surface area (Å²) in [5, 5.41) is 9.75. The van der Waals surface area contributed by atoms with Crippen LogP contribution in [0.15, 0.2) is 158 Å². The van der Waals surface area contributed by atoms with Gasteiger partial charge in [-0.15, -0.1) is 0 Å². The maximum Gasteiger partial charge on any atom is 0.361 e. The fourth-order valence-electron chi connectivity index (χ4n) is 9.41. The Morgan fingerprint density at radius 2 is 0.607 bits per heavy atom. The summed E-state index contributed by atoms with van der Waals surface area (Å²) in [7, 11) is 5.96. The summed E-state index contributed by atoms with van der Waals surface area (Å²) in [4.78, 5) is 37.6. The van der Waals surface area contributed by atoms with E-state index < -0.39 is 24.3 Å². The molecule has 0 bridgehead atoms. The number of allylic oxidation sites excluding steroid dienone is 26. The van der Waals surface area contributed by atoms with Crippen molar-refractivity contribution >= 4 is 17.9 Å². The van der Waals surface area contributed by atoms with Crippen LogP contribution in [0.3, 0.4) is 0 Å². The summed E-state index contributed by atoms with van der Waals surface area (Å²) < 4.78 is 23.0. The predicted molar refractivity (Wildman–Crippen MR) is 382 cm³/mol. The Balaban J connectivity index is 4.14. The van der Waals surface area contributed by atoms with Gasteiger partial charge >= 0.3 is 17.9 Å². The van der Waals surface area contributed by atoms with Crippen molar-refractivity contribution in [3.63, 3.8) is 0 Å². The molecule has 0 aliphatic carbocycles. The summed E-state index contributed by atoms with van der Waals surface area (Å²) in [6.07, 6.45) is 99.3. The van der Waals surface area contributed by atoms with E-state index in [1.807, 2.05) is 21.1 Å². The first-order chi connectivity index (χ1) is 43.6. The monoisotopic (exact) mass is 1230 g/mol. The fraction of sp³-hybridized carbons (Fsp3) is 0.637. The number of carbonyl (C=O) groups excluding carboxylic acids is 2. The highest BCUT2D eigenvalue weighted by Crippen LogP contribution is 2.17. The Labute approximate surface area is 546 Å². The van der Waals surface area contributed by atoms with Gasteiger partial charge in [-0.3, -0.25) is 9.59 Å². The number of hydrogen-bond acceptors (Lipinski definition) is 7. The fourth-order valence-corrected chi connectivity index (χ4v) is 9.41. The third-order valence-electron chi connectivity index (χ3n) is 14.8. The minimum atomic E-state index is -1.53. The Kier molecular flexibility index (Phi) is 64.9. The number of carboxylic acids is 1. The standard InChI is InChI=1S/C80H131NO8/c1-6-8-10-12-14-16-18-20-22-24-26-28-30-32-34-35-36-37-38-39-40-41-42-43-45-46-48-50-52-54-56-58-60-62-64-66-68-70-77(82)87-74-76(75-88-80(79(84)85)86-73-72-81(3,4)5)89-78(83)71-69-67-65-63-61-59-57-55-53-51-49-47-44-33-31-29-27-25-23-21-19-17-15-13-11-9-7-2/h8-11,14-17,20-23,26-29,32-34,36-37,44,49,51,55,57,76,80H,6-7,12-13,18-19,24-25,30-31,35,38-43,45-48,50,52-54,56,58-75H2,1-5H3/p+1/b10-8-,11-9-,16-14-,17-15-,22-20-,23-21-,28-26-,29-27-,34-32-,37-36-,44-33-,51-49-,57-55-. The highest BCUT2D eigenvalue weighted by molar-refractivity contribution is 5.71. The minimum absolute atomic E-state index is 0.176. The molecule has 0 spiro atoms. The second kappa shape index (κ2) is 68.8. The number of hydrogen-bond donors (Lipinski definition) is 1. The van der Waals surface area contributed by atoms with Gasteiger partial charge in [-0.1, -0.05) is 294 Å². The van der Waals surface area contributed by atoms with Gasteiger partial charge in [0.05, 0.1) is 34.4 Å². The van der Waals surface area contributed by atoms with Gasteiger partial charge in [0.1, 0.15) is 13.2 Å². The number of aliphatic carboxylic acids is 1. The summed E-state index contributed by atoms with van der Waals surface area (Å²) in [6, 6.07) is 0. The number of ether oxygens (including phenoxy) is 4. The topological polar surface area (TPSA) is 108 Å². The van der Waals surface area contributed by atoms with Gasteiger partial charge in [0.2, 0.25) is 0 Å². The molecule has 1 N–H and O–H groups in total. The molecule has 0 aromatic rings. The Bertz CT molecular complexity index is 2020. The zero-order valence-electron chi connectivity index (χ0n) is 57.5. The molecule has 0 rings (SSSR count). The Morgan fingerprint density at radius 1 is 0.337 bits per heavy atom. The Morgan fingerprint density at radius 3 is 0.899 bits per heavy atom. The van der Waals surface area contributed by atoms with Crippen LogP contribution in [0, 0.1) is 0 Å². The van der Waals surface area contributed by atoms with Crippen molar-refractivity contribution in [1.82, 2.24) is 0 Å². The molecular formula is C80H132NO8+. The molecule has 9 nitrogen and oxygen atoms in total. The van der Waals surface area contributed by atoms with Crippen molar-refractivity contribution in [2.24, 2.45) is 0 Å². The molecule has 504 valence electrons. The normalized spacial score (nSPS) is 13.7. The summed E-state index contributed by atoms with van der Waals surface area (Å²) >= 11 is 0. The van der Waals surface area contributed by atoms with E-state index in [9.17, 15) is 19.5 Å². The van der Waals surface area contributed by atoms with Crippen molar-refractivity contribution in [2.45, 2.75) is 283 Å². The lowest BCUT2D eigenvalue weighted by Gasteiger charge is -2.25. The lowest BCUT2D eigenvalue weighted by molar-refractivity contribution is -0.870. The van der Waals surface area contributed by atoms with Crippen molar-refractivity contribution in [3.05, 3.63) is 158 Å². The van der Waals surface area contributed by atoms with Crippen LogP contribution in [0.25, 0.3) is 0 Å². The number of nitrogens with zero attached hydrogens (tertiary/aromatic N) is 1. The largest absolute Gasteiger partial charge is 0.477 e. The molecule has 0 heterocycles. The SMILES string of the molecule is CC/C=C\C/C=C\C/C=C\C/C=C\C/C=C\C/C=C\C/C=C\CCCCCCCC(=O)OC(COC(=O)CCCCCCCCCCCCCCCCCCCC/C=C\C/C=C\C/C=C\C/C=C\C/C=C\C/C=C\CC)COC(OCC[N+](C)(C)C)C(=O)O. The third-order valence-corrected chi connectivity index (χ3v) is 14.8. The molecule has 0 aromatic heterocycles. The molecule has 0 fully saturated rings. The highest BCUT2D eigenvalue weighted by Gasteiger charge is 2.25. The van der Waals surface area contributed by atoms with Gasteiger partial charge in [-0.2, -0.15) is 0 Å². The van der Waals surface area contributed by atoms with Gasteiger partial charge in [-0.05, 0) is 122 Å². The van der Waals surface area contributed by atoms with Gasteiger partial charge in [0, 0.05) is 12.8 Å². The molecule has 9 heteroatoms. The van der Waals surface area contributed by atoms with E-state index in [-0.39, 0.29) is 32.2 Å². The van der Waals surface area contributed by atoms with Gasteiger partial charge in [-0.25, -0.2) is 4.79 Å². The van der Waals surface area contributed by atoms with E-state index in [0.717, 1.165) is 135 Å². The van der Waals surface area contributed by atoms with Crippen LogP contribution in [-0.2, 0) is 33.3 Å². The van der Waals surface area contributed by atoms with Crippen LogP contribution in [-0.4, -0.2) is 87.4 Å². The van der Waals surface area contributed by atoms with Crippen LogP contribution >= 0.6 is 0 Å². The molecule has 0 radical (unpaired) electrons. The first-order valence-electron chi connectivity index (χ1n) is 35.6. The maximum atomic E-state index is 12.9. The van der Waals surface area contributed by atoms with E-state index in [2.05, 4.69) is 172 Å². The molecule has 89 heavy (non-hydrogen) atoms. The number of unbranched alkanes of at least 4 members (excludes halogenated alkanes) is 23. The summed E-state index contributed by atoms with van der Waals surface area (Å²) in [5.74, 6) is -2.04. The zero-order valence-corrected chi connectivity index (χ0v) is 57.5. The van der Waals surface area contributed by atoms with E-state index in [1.54, 1.807) is 0 Å². The highest BCUT2D eigenvalue weighted by atomic mass is 16.7. The van der Waals surface area contributed by atoms with Gasteiger partial charge in [0.25, 0.3) is 6.29 Å². The van der Waals surface area contributed by atoms with Crippen LogP contribution in [0.4, 0.5) is 0 Å². The first kappa shape index (κ1) is 83.9. The van der Waals surface area contributed by atoms with Crippen molar-refractivity contribution in [1.29, 1.82) is 0 Å². The molecular weight excluding hydrogens is 1100 g/mol. The molecule has 2 atom stereocenters. The van der Waals surface area contributed by atoms with E-state index in [1.165, 1.54) is 103 Å². The predicted octanol–water partition coefficient (Wildman–Crippen LogP) is 22.5. The number of quaternary nitrogens is 1. The second-order valence-corrected chi connectivity index (χ2v) is 24.4. The van der Waals surface area contributed by atoms with Crippen LogP contribution in [0.2, 0.25) is 0 Å². The number of carboxylic acid groups (broad SMARTS) is 1. The van der Waals surface area contributed by atoms with Crippen molar-refractivity contribution < 1.29 is 42.9 Å². The van der Waals surface area contributed by atoms with Crippen LogP contribution in [0.1, 0.15) is 271 Å². The van der Waals surface area contributed by atoms with Gasteiger partial charge < -0.3 is 28.5 Å². The number of likely N-dealkylation sites (N-methyl/N-ethyl adjacent to an activating group) is 1. The summed E-state index contributed by atoms with van der Waals surface area (Å²) in [6.45, 7) is 4.62. The molecule has 0 saturated carbocycles. The lowest BCUT2D eigenvalue weighted by Crippen LogP contribution is -2.40. The average Bonchev–Trinajstić information content (AvgIpc) is 3.64. The van der Waals surface area contributed by atoms with E-state index in [4.69, 9.17) is 18.9 Å². The number of carbonyl (C=O) groups is 3. The molecule has 0 aromatic carbocycles.